The third kappa shape index (κ3) is 1.56. The Kier molecular flexibility index (Phi) is 3.00. The maximum Gasteiger partial charge on any atom is 0.266 e. The molecule has 0 aromatic rings. The van der Waals surface area contributed by atoms with Gasteiger partial charge in [-0.15, -0.1) is 12.4 Å². The number of aliphatic hydroxyl groups is 1. The maximum atomic E-state index is 11.7. The molecule has 0 heterocycles. The fourth-order valence-corrected chi connectivity index (χ4v) is 1.03. The lowest BCUT2D eigenvalue weighted by molar-refractivity contribution is -0.150. The van der Waals surface area contributed by atoms with Crippen LogP contribution >= 0.6 is 12.4 Å². The van der Waals surface area contributed by atoms with Gasteiger partial charge in [0.05, 0.1) is 0 Å². The van der Waals surface area contributed by atoms with Gasteiger partial charge in [-0.3, -0.25) is 0 Å². The van der Waals surface area contributed by atoms with Crippen molar-refractivity contribution in [1.29, 1.82) is 0 Å². The Labute approximate surface area is 63.8 Å². The third-order valence-corrected chi connectivity index (χ3v) is 1.64. The highest BCUT2D eigenvalue weighted by atomic mass is 35.5. The van der Waals surface area contributed by atoms with Gasteiger partial charge >= 0.3 is 0 Å². The van der Waals surface area contributed by atoms with Crippen LogP contribution in [0, 0.1) is 0 Å². The van der Waals surface area contributed by atoms with E-state index in [1.807, 2.05) is 0 Å². The molecule has 0 atom stereocenters. The van der Waals surface area contributed by atoms with Gasteiger partial charge in [-0.05, 0) is 12.8 Å². The normalized spacial score (nSPS) is 38.7. The van der Waals surface area contributed by atoms with Gasteiger partial charge < -0.3 is 10.8 Å². The van der Waals surface area contributed by atoms with Crippen molar-refractivity contribution in [2.24, 2.45) is 5.73 Å². The molecule has 1 rings (SSSR count). The molecular weight excluding hydrogens is 164 g/mol. The first kappa shape index (κ1) is 10.1. The molecule has 0 bridgehead atoms. The second kappa shape index (κ2) is 2.98. The van der Waals surface area contributed by atoms with Gasteiger partial charge in [-0.2, -0.15) is 0 Å². The summed E-state index contributed by atoms with van der Waals surface area (Å²) in [6, 6.07) is -0.232. The summed E-state index contributed by atoms with van der Waals surface area (Å²) < 4.78 is 23.5. The molecule has 1 aliphatic carbocycles. The van der Waals surface area contributed by atoms with E-state index >= 15 is 0 Å². The fourth-order valence-electron chi connectivity index (χ4n) is 1.03. The molecule has 62 valence electrons. The number of alkyl halides is 2. The molecule has 1 fully saturated rings. The largest absolute Gasteiger partial charge is 0.384 e. The van der Waals surface area contributed by atoms with E-state index in [-0.39, 0.29) is 31.3 Å². The van der Waals surface area contributed by atoms with E-state index in [9.17, 15) is 8.78 Å². The Morgan fingerprint density at radius 1 is 1.50 bits per heavy atom. The minimum absolute atomic E-state index is 0. The van der Waals surface area contributed by atoms with Crippen LogP contribution < -0.4 is 5.73 Å². The highest BCUT2D eigenvalue weighted by Crippen LogP contribution is 2.35. The van der Waals surface area contributed by atoms with Gasteiger partial charge in [0.2, 0.25) is 0 Å². The van der Waals surface area contributed by atoms with Crippen molar-refractivity contribution in [3.63, 3.8) is 0 Å². The van der Waals surface area contributed by atoms with Gasteiger partial charge in [0.1, 0.15) is 5.60 Å². The van der Waals surface area contributed by atoms with Crippen molar-refractivity contribution in [2.45, 2.75) is 30.9 Å². The highest BCUT2D eigenvalue weighted by Gasteiger charge is 2.48. The molecule has 3 N–H and O–H groups in total. The summed E-state index contributed by atoms with van der Waals surface area (Å²) in [5.74, 6) is 0. The Morgan fingerprint density at radius 2 is 1.90 bits per heavy atom. The lowest BCUT2D eigenvalue weighted by Gasteiger charge is -2.40. The Balaban J connectivity index is 0.000000810. The van der Waals surface area contributed by atoms with Crippen LogP contribution in [0.15, 0.2) is 0 Å². The summed E-state index contributed by atoms with van der Waals surface area (Å²) in [5, 5.41) is 8.83. The van der Waals surface area contributed by atoms with Crippen molar-refractivity contribution in [2.75, 3.05) is 0 Å². The second-order valence-electron chi connectivity index (χ2n) is 2.57. The molecule has 0 unspecified atom stereocenters. The molecule has 1 saturated carbocycles. The van der Waals surface area contributed by atoms with E-state index in [4.69, 9.17) is 10.8 Å². The lowest BCUT2D eigenvalue weighted by atomic mass is 9.76. The van der Waals surface area contributed by atoms with E-state index < -0.39 is 12.0 Å². The van der Waals surface area contributed by atoms with Gasteiger partial charge in [0, 0.05) is 6.04 Å². The zero-order valence-corrected chi connectivity index (χ0v) is 6.07. The molecule has 0 aromatic carbocycles. The molecule has 2 nitrogen and oxygen atoms in total. The van der Waals surface area contributed by atoms with Gasteiger partial charge in [-0.25, -0.2) is 8.78 Å². The van der Waals surface area contributed by atoms with Crippen molar-refractivity contribution in [3.8, 4) is 0 Å². The van der Waals surface area contributed by atoms with Crippen LogP contribution in [0.25, 0.3) is 0 Å². The summed E-state index contributed by atoms with van der Waals surface area (Å²) in [5.41, 5.74) is 3.43. The molecule has 0 aromatic heterocycles. The topological polar surface area (TPSA) is 46.2 Å². The third-order valence-electron chi connectivity index (χ3n) is 1.64. The van der Waals surface area contributed by atoms with Crippen molar-refractivity contribution >= 4 is 12.4 Å². The predicted molar refractivity (Wildman–Crippen MR) is 35.4 cm³/mol. The molecule has 0 saturated heterocycles. The summed E-state index contributed by atoms with van der Waals surface area (Å²) >= 11 is 0. The van der Waals surface area contributed by atoms with Crippen LogP contribution in [0.5, 0.6) is 0 Å². The number of rotatable bonds is 1. The van der Waals surface area contributed by atoms with E-state index in [0.29, 0.717) is 0 Å². The maximum absolute atomic E-state index is 11.7. The van der Waals surface area contributed by atoms with Crippen LogP contribution in [-0.2, 0) is 0 Å². The van der Waals surface area contributed by atoms with E-state index in [1.165, 1.54) is 0 Å². The zero-order chi connectivity index (χ0) is 7.07. The first-order chi connectivity index (χ1) is 4.04. The van der Waals surface area contributed by atoms with E-state index in [0.717, 1.165) is 0 Å². The smallest absolute Gasteiger partial charge is 0.266 e. The summed E-state index contributed by atoms with van der Waals surface area (Å²) in [7, 11) is 0. The van der Waals surface area contributed by atoms with Crippen molar-refractivity contribution < 1.29 is 13.9 Å². The predicted octanol–water partition coefficient (Wildman–Crippen LogP) is 0.526. The molecule has 5 heteroatoms. The molecule has 0 radical (unpaired) electrons. The Bertz CT molecular complexity index is 116. The summed E-state index contributed by atoms with van der Waals surface area (Å²) in [6.45, 7) is 0. The average Bonchev–Trinajstić information content (AvgIpc) is 1.62. The number of nitrogens with two attached hydrogens (primary N) is 1. The highest BCUT2D eigenvalue weighted by molar-refractivity contribution is 5.85. The summed E-state index contributed by atoms with van der Waals surface area (Å²) in [4.78, 5) is 0. The van der Waals surface area contributed by atoms with Gasteiger partial charge in [0.25, 0.3) is 6.43 Å². The standard InChI is InChI=1S/C5H9F2NO.ClH/c6-4(7)5(9)1-3(8)2-5;/h3-4,9H,1-2,8H2;1H. The van der Waals surface area contributed by atoms with Crippen LogP contribution in [0.1, 0.15) is 12.8 Å². The van der Waals surface area contributed by atoms with E-state index in [1.54, 1.807) is 0 Å². The average molecular weight is 174 g/mol. The molecule has 0 spiro atoms. The van der Waals surface area contributed by atoms with Gasteiger partial charge in [-0.1, -0.05) is 0 Å². The number of hydrogen-bond acceptors (Lipinski definition) is 2. The Hall–Kier alpha value is 0.0700. The molecular formula is C5H10ClF2NO. The minimum atomic E-state index is -2.64. The lowest BCUT2D eigenvalue weighted by Crippen LogP contribution is -2.55. The monoisotopic (exact) mass is 173 g/mol. The van der Waals surface area contributed by atoms with Crippen LogP contribution in [0.4, 0.5) is 8.78 Å². The molecule has 10 heavy (non-hydrogen) atoms. The van der Waals surface area contributed by atoms with Gasteiger partial charge in [0.15, 0.2) is 0 Å². The van der Waals surface area contributed by atoms with Crippen molar-refractivity contribution in [1.82, 2.24) is 0 Å². The van der Waals surface area contributed by atoms with Crippen LogP contribution in [0.2, 0.25) is 0 Å². The SMILES string of the molecule is Cl.NC1CC(O)(C(F)F)C1. The van der Waals surface area contributed by atoms with Crippen LogP contribution in [-0.4, -0.2) is 23.2 Å². The number of hydrogen-bond donors (Lipinski definition) is 2. The molecule has 0 aliphatic heterocycles. The fraction of sp³-hybridized carbons (Fsp3) is 1.00. The quantitative estimate of drug-likeness (QED) is 0.608. The molecule has 0 amide bonds. The minimum Gasteiger partial charge on any atom is -0.384 e. The summed E-state index contributed by atoms with van der Waals surface area (Å²) in [6.07, 6.45) is -2.58. The van der Waals surface area contributed by atoms with Crippen molar-refractivity contribution in [3.05, 3.63) is 0 Å². The van der Waals surface area contributed by atoms with Crippen LogP contribution in [0.3, 0.4) is 0 Å². The first-order valence-electron chi connectivity index (χ1n) is 2.81. The zero-order valence-electron chi connectivity index (χ0n) is 5.26. The van der Waals surface area contributed by atoms with E-state index in [2.05, 4.69) is 0 Å². The first-order valence-corrected chi connectivity index (χ1v) is 2.81. The number of halogens is 3. The second-order valence-corrected chi connectivity index (χ2v) is 2.57. The molecule has 1 aliphatic rings. The Morgan fingerprint density at radius 3 is 2.00 bits per heavy atom.